The normalized spacial score (nSPS) is 22.4. The minimum atomic E-state index is -1.62. The van der Waals surface area contributed by atoms with Crippen LogP contribution < -0.4 is 51.8 Å². The van der Waals surface area contributed by atoms with E-state index in [1.807, 2.05) is 20.8 Å². The molecule has 0 spiro atoms. The Labute approximate surface area is 511 Å². The van der Waals surface area contributed by atoms with Crippen LogP contribution in [0.15, 0.2) is 51.2 Å². The largest absolute Gasteiger partial charge is 0.487 e. The Kier molecular flexibility index (Phi) is 24.8. The van der Waals surface area contributed by atoms with E-state index in [9.17, 15) is 65.1 Å². The van der Waals surface area contributed by atoms with Crippen LogP contribution in [0.4, 0.5) is 4.79 Å². The molecule has 3 heterocycles. The summed E-state index contributed by atoms with van der Waals surface area (Å²) in [6.45, 7) is 6.76. The molecule has 13 N–H and O–H groups in total. The molecule has 4 bridgehead atoms. The number of carbonyl (C=O) groups is 4. The average Bonchev–Trinajstić information content (AvgIpc) is 0.723. The molecule has 492 valence electrons. The Morgan fingerprint density at radius 3 is 0.966 bits per heavy atom. The molecule has 88 heavy (non-hydrogen) atoms. The Bertz CT molecular complexity index is 2750. The number of carbonyl (C=O) groups excluding carboxylic acids is 4. The van der Waals surface area contributed by atoms with Gasteiger partial charge in [0.05, 0.1) is 77.6 Å². The lowest BCUT2D eigenvalue weighted by Crippen LogP contribution is -2.68. The van der Waals surface area contributed by atoms with Gasteiger partial charge in [0.1, 0.15) is 23.9 Å². The molecule has 3 aromatic rings. The number of rotatable bonds is 35. The molecule has 0 aromatic carbocycles. The van der Waals surface area contributed by atoms with Gasteiger partial charge < -0.3 is 99.9 Å². The number of aliphatic hydroxyl groups is 9. The van der Waals surface area contributed by atoms with E-state index in [0.717, 1.165) is 18.2 Å². The first-order valence-corrected chi connectivity index (χ1v) is 30.5. The summed E-state index contributed by atoms with van der Waals surface area (Å²) in [5, 5.41) is 105. The first-order chi connectivity index (χ1) is 41.6. The third kappa shape index (κ3) is 17.7. The number of nitrogens with one attached hydrogen (secondary N) is 4. The highest BCUT2D eigenvalue weighted by molar-refractivity contribution is 5.96. The summed E-state index contributed by atoms with van der Waals surface area (Å²) in [5.74, 6) is -3.41. The van der Waals surface area contributed by atoms with Crippen molar-refractivity contribution >= 4 is 23.8 Å². The SMILES string of the molecule is CCCCOc1c(C(=O)NC[C@]23CC4(CNC(=O)OC(C)(C)C)C[C@](CNC(=O)c5c(OCCCC)c(=O)ccn5CC(O)C(O)CO)(C2)C[C@@](CNC(=O)c2c(OCCCC)c(=O)ccn2CC(O)C(O)CO)(C4)C3)n(CC(O)C(O)CO)ccc1=O. The highest BCUT2D eigenvalue weighted by Crippen LogP contribution is 2.73. The van der Waals surface area contributed by atoms with Gasteiger partial charge in [-0.05, 0) is 100 Å². The summed E-state index contributed by atoms with van der Waals surface area (Å²) in [6.07, 6.45) is -1.27. The van der Waals surface area contributed by atoms with Crippen molar-refractivity contribution in [2.75, 3.05) is 65.8 Å². The molecule has 4 amide bonds. The molecule has 3 aromatic heterocycles. The Morgan fingerprint density at radius 1 is 0.466 bits per heavy atom. The number of alkyl carbamates (subject to hydrolysis) is 1. The lowest BCUT2D eigenvalue weighted by Gasteiger charge is -2.71. The summed E-state index contributed by atoms with van der Waals surface area (Å²) in [5.41, 5.74) is -7.61. The van der Waals surface area contributed by atoms with Gasteiger partial charge in [-0.2, -0.15) is 0 Å². The zero-order valence-corrected chi connectivity index (χ0v) is 51.5. The van der Waals surface area contributed by atoms with Gasteiger partial charge in [0.25, 0.3) is 17.7 Å². The fourth-order valence-corrected chi connectivity index (χ4v) is 13.4. The van der Waals surface area contributed by atoms with Crippen LogP contribution in [0.1, 0.15) is 150 Å². The summed E-state index contributed by atoms with van der Waals surface area (Å²) < 4.78 is 27.4. The molecule has 4 aliphatic rings. The third-order valence-corrected chi connectivity index (χ3v) is 16.7. The van der Waals surface area contributed by atoms with Crippen LogP contribution in [0.3, 0.4) is 0 Å². The predicted octanol–water partition coefficient (Wildman–Crippen LogP) is 0.292. The fraction of sp³-hybridized carbons (Fsp3) is 0.689. The molecule has 4 aliphatic carbocycles. The summed E-state index contributed by atoms with van der Waals surface area (Å²) in [4.78, 5) is 99.8. The van der Waals surface area contributed by atoms with Gasteiger partial charge in [-0.25, -0.2) is 4.79 Å². The van der Waals surface area contributed by atoms with E-state index >= 15 is 14.4 Å². The van der Waals surface area contributed by atoms with Crippen molar-refractivity contribution in [1.29, 1.82) is 0 Å². The van der Waals surface area contributed by atoms with Crippen LogP contribution in [0.5, 0.6) is 17.2 Å². The van der Waals surface area contributed by atoms with Crippen molar-refractivity contribution in [1.82, 2.24) is 35.0 Å². The highest BCUT2D eigenvalue weighted by Gasteiger charge is 2.68. The lowest BCUT2D eigenvalue weighted by atomic mass is 9.35. The van der Waals surface area contributed by atoms with Crippen LogP contribution in [0, 0.1) is 21.7 Å². The Morgan fingerprint density at radius 2 is 0.727 bits per heavy atom. The van der Waals surface area contributed by atoms with Crippen molar-refractivity contribution in [3.8, 4) is 17.2 Å². The van der Waals surface area contributed by atoms with Crippen LogP contribution >= 0.6 is 0 Å². The Balaban J connectivity index is 1.51. The average molecular weight is 1240 g/mol. The molecule has 0 radical (unpaired) electrons. The molecule has 27 nitrogen and oxygen atoms in total. The van der Waals surface area contributed by atoms with Gasteiger partial charge in [-0.15, -0.1) is 0 Å². The molecule has 27 heteroatoms. The number of aliphatic hydroxyl groups excluding tert-OH is 9. The summed E-state index contributed by atoms with van der Waals surface area (Å²) >= 11 is 0. The van der Waals surface area contributed by atoms with Crippen molar-refractivity contribution in [2.45, 2.75) is 180 Å². The van der Waals surface area contributed by atoms with Crippen LogP contribution in [-0.2, 0) is 24.4 Å². The first-order valence-electron chi connectivity index (χ1n) is 30.5. The van der Waals surface area contributed by atoms with Crippen molar-refractivity contribution in [3.05, 3.63) is 84.5 Å². The molecule has 4 fully saturated rings. The summed E-state index contributed by atoms with van der Waals surface area (Å²) in [7, 11) is 0. The number of ether oxygens (including phenoxy) is 4. The number of aromatic nitrogens is 3. The zero-order valence-electron chi connectivity index (χ0n) is 51.5. The second-order valence-corrected chi connectivity index (χ2v) is 25.6. The van der Waals surface area contributed by atoms with E-state index in [1.54, 1.807) is 20.8 Å². The van der Waals surface area contributed by atoms with Crippen molar-refractivity contribution in [3.63, 3.8) is 0 Å². The molecule has 4 saturated carbocycles. The molecule has 0 saturated heterocycles. The van der Waals surface area contributed by atoms with Gasteiger partial charge in [0, 0.05) is 63.0 Å². The number of unbranched alkanes of at least 4 members (excludes halogenated alkanes) is 3. The van der Waals surface area contributed by atoms with Gasteiger partial charge in [-0.1, -0.05) is 40.0 Å². The molecule has 6 atom stereocenters. The van der Waals surface area contributed by atoms with E-state index in [0.29, 0.717) is 57.8 Å². The maximum atomic E-state index is 15.1. The zero-order chi connectivity index (χ0) is 64.8. The number of pyridine rings is 3. The minimum Gasteiger partial charge on any atom is -0.487 e. The van der Waals surface area contributed by atoms with E-state index < -0.39 is 143 Å². The van der Waals surface area contributed by atoms with Crippen molar-refractivity contribution in [2.24, 2.45) is 21.7 Å². The van der Waals surface area contributed by atoms with E-state index in [2.05, 4.69) is 21.3 Å². The van der Waals surface area contributed by atoms with Crippen molar-refractivity contribution < 1.29 is 84.1 Å². The van der Waals surface area contributed by atoms with Gasteiger partial charge in [0.15, 0.2) is 34.3 Å². The molecular formula is C61H93N7O20. The predicted molar refractivity (Wildman–Crippen MR) is 319 cm³/mol. The highest BCUT2D eigenvalue weighted by atomic mass is 16.6. The smallest absolute Gasteiger partial charge is 0.407 e. The number of nitrogens with zero attached hydrogens (tertiary/aromatic N) is 3. The quantitative estimate of drug-likeness (QED) is 0.0352. The second-order valence-electron chi connectivity index (χ2n) is 25.6. The fourth-order valence-electron chi connectivity index (χ4n) is 13.4. The monoisotopic (exact) mass is 1240 g/mol. The topological polar surface area (TPSA) is 401 Å². The first kappa shape index (κ1) is 70.7. The molecule has 6 unspecified atom stereocenters. The lowest BCUT2D eigenvalue weighted by molar-refractivity contribution is -0.194. The maximum Gasteiger partial charge on any atom is 0.407 e. The van der Waals surface area contributed by atoms with Crippen LogP contribution in [-0.4, -0.2) is 192 Å². The maximum absolute atomic E-state index is 15.1. The van der Waals surface area contributed by atoms with Gasteiger partial charge >= 0.3 is 6.09 Å². The number of hydrogen-bond acceptors (Lipinski definition) is 20. The molecule has 7 rings (SSSR count). The Hall–Kier alpha value is -6.43. The van der Waals surface area contributed by atoms with Gasteiger partial charge in [0.2, 0.25) is 16.3 Å². The van der Waals surface area contributed by atoms with E-state index in [-0.39, 0.29) is 99.6 Å². The van der Waals surface area contributed by atoms with E-state index in [1.165, 1.54) is 32.3 Å². The molecular weight excluding hydrogens is 1150 g/mol. The minimum absolute atomic E-state index is 0.0147. The standard InChI is InChI=1S/C61H93N7O20/c1-7-10-19-85-50-38(72)13-16-66(22-41(75)44(78)25-69)47(50)53(81)62-34-58-28-59(35-63-54(82)48-51(86-20-11-8-2)39(73)14-17-67(48)23-42(76)45(79)26-70)30-60(29-58,33-61(31-58,32-59)37-65-56(84)88-57(4,5)6)36-64-55(83)49-52(87-21-12-9-3)40(74)15-18-68(49)24-43(77)46(80)27-71/h13-18,41-46,69-71,75-80H,7-12,19-37H2,1-6H3,(H,62,81)(H,63,82)(H,64,83)(H,65,84)/t41?,42?,43?,44?,45?,46?,58-,59+,60-,61?. The van der Waals surface area contributed by atoms with Crippen LogP contribution in [0.25, 0.3) is 0 Å². The summed E-state index contributed by atoms with van der Waals surface area (Å²) in [6, 6.07) is 3.45. The third-order valence-electron chi connectivity index (χ3n) is 16.7. The number of hydrogen-bond donors (Lipinski definition) is 13. The molecule has 0 aliphatic heterocycles. The van der Waals surface area contributed by atoms with Crippen LogP contribution in [0.2, 0.25) is 0 Å². The van der Waals surface area contributed by atoms with E-state index in [4.69, 9.17) is 18.9 Å². The van der Waals surface area contributed by atoms with Gasteiger partial charge in [-0.3, -0.25) is 28.8 Å². The second kappa shape index (κ2) is 30.9. The number of amides is 4.